The number of H-pyrrole nitrogens is 1. The number of methoxy groups -OCH3 is 1. The number of fused-ring (bicyclic) bond motifs is 1. The summed E-state index contributed by atoms with van der Waals surface area (Å²) in [7, 11) is 1.50. The number of nitrogens with zero attached hydrogens (tertiary/aromatic N) is 1. The van der Waals surface area contributed by atoms with Gasteiger partial charge in [0.2, 0.25) is 0 Å². The number of benzene rings is 1. The smallest absolute Gasteiger partial charge is 0.335 e. The molecule has 72 valence electrons. The van der Waals surface area contributed by atoms with Gasteiger partial charge >= 0.3 is 5.97 Å². The van der Waals surface area contributed by atoms with E-state index in [1.54, 1.807) is 6.07 Å². The molecule has 0 spiro atoms. The van der Waals surface area contributed by atoms with E-state index in [9.17, 15) is 4.79 Å². The first-order valence-corrected chi connectivity index (χ1v) is 3.98. The van der Waals surface area contributed by atoms with E-state index >= 15 is 0 Å². The van der Waals surface area contributed by atoms with Crippen LogP contribution in [0.4, 0.5) is 0 Å². The number of aromatic amines is 1. The normalized spacial score (nSPS) is 10.4. The summed E-state index contributed by atoms with van der Waals surface area (Å²) in [6.45, 7) is 0. The van der Waals surface area contributed by atoms with E-state index in [-0.39, 0.29) is 5.56 Å². The van der Waals surface area contributed by atoms with Crippen molar-refractivity contribution in [3.8, 4) is 6.01 Å². The van der Waals surface area contributed by atoms with Gasteiger partial charge in [-0.2, -0.15) is 4.98 Å². The summed E-state index contributed by atoms with van der Waals surface area (Å²) >= 11 is 0. The number of imidazole rings is 1. The molecule has 0 unspecified atom stereocenters. The first kappa shape index (κ1) is 8.55. The molecular formula is C9H8N2O3. The molecule has 14 heavy (non-hydrogen) atoms. The molecule has 0 saturated heterocycles. The molecule has 2 N–H and O–H groups in total. The third-order valence-electron chi connectivity index (χ3n) is 1.90. The van der Waals surface area contributed by atoms with Crippen LogP contribution in [0.25, 0.3) is 11.0 Å². The maximum atomic E-state index is 10.7. The lowest BCUT2D eigenvalue weighted by molar-refractivity contribution is 0.0697. The van der Waals surface area contributed by atoms with Crippen molar-refractivity contribution in [2.45, 2.75) is 0 Å². The van der Waals surface area contributed by atoms with Gasteiger partial charge in [0.15, 0.2) is 0 Å². The van der Waals surface area contributed by atoms with Gasteiger partial charge in [-0.15, -0.1) is 0 Å². The van der Waals surface area contributed by atoms with E-state index in [0.29, 0.717) is 11.5 Å². The molecule has 0 aliphatic heterocycles. The lowest BCUT2D eigenvalue weighted by atomic mass is 10.2. The largest absolute Gasteiger partial charge is 0.478 e. The van der Waals surface area contributed by atoms with Crippen LogP contribution in [-0.4, -0.2) is 28.2 Å². The van der Waals surface area contributed by atoms with Crippen molar-refractivity contribution in [2.75, 3.05) is 7.11 Å². The van der Waals surface area contributed by atoms with Crippen LogP contribution in [0, 0.1) is 0 Å². The molecule has 5 nitrogen and oxygen atoms in total. The SMILES string of the molecule is COc1nc2cc(C(=O)O)ccc2[nH]1. The molecule has 2 rings (SSSR count). The first-order valence-electron chi connectivity index (χ1n) is 3.98. The van der Waals surface area contributed by atoms with Crippen molar-refractivity contribution in [1.29, 1.82) is 0 Å². The van der Waals surface area contributed by atoms with Gasteiger partial charge in [-0.1, -0.05) is 0 Å². The molecule has 1 heterocycles. The van der Waals surface area contributed by atoms with Crippen molar-refractivity contribution >= 4 is 17.0 Å². The fraction of sp³-hybridized carbons (Fsp3) is 0.111. The summed E-state index contributed by atoms with van der Waals surface area (Å²) in [5, 5.41) is 8.74. The number of ether oxygens (including phenoxy) is 1. The lowest BCUT2D eigenvalue weighted by Gasteiger charge is -1.91. The van der Waals surface area contributed by atoms with E-state index < -0.39 is 5.97 Å². The fourth-order valence-electron chi connectivity index (χ4n) is 1.21. The van der Waals surface area contributed by atoms with Crippen molar-refractivity contribution in [3.63, 3.8) is 0 Å². The van der Waals surface area contributed by atoms with Gasteiger partial charge in [-0.05, 0) is 18.2 Å². The molecule has 0 radical (unpaired) electrons. The summed E-state index contributed by atoms with van der Waals surface area (Å²) in [4.78, 5) is 17.6. The van der Waals surface area contributed by atoms with E-state index in [1.807, 2.05) is 0 Å². The molecular weight excluding hydrogens is 184 g/mol. The van der Waals surface area contributed by atoms with Gasteiger partial charge in [0.05, 0.1) is 23.7 Å². The Morgan fingerprint density at radius 1 is 1.57 bits per heavy atom. The molecule has 0 aliphatic carbocycles. The second-order valence-corrected chi connectivity index (χ2v) is 2.78. The zero-order chi connectivity index (χ0) is 10.1. The Labute approximate surface area is 79.3 Å². The topological polar surface area (TPSA) is 75.2 Å². The highest BCUT2D eigenvalue weighted by atomic mass is 16.5. The standard InChI is InChI=1S/C9H8N2O3/c1-14-9-10-6-3-2-5(8(12)13)4-7(6)11-9/h2-4H,1H3,(H,10,11)(H,12,13). The van der Waals surface area contributed by atoms with Gasteiger partial charge < -0.3 is 14.8 Å². The number of carbonyl (C=O) groups is 1. The second-order valence-electron chi connectivity index (χ2n) is 2.78. The Balaban J connectivity index is 2.59. The van der Waals surface area contributed by atoms with Crippen molar-refractivity contribution in [2.24, 2.45) is 0 Å². The first-order chi connectivity index (χ1) is 6.70. The van der Waals surface area contributed by atoms with Crippen LogP contribution in [0.5, 0.6) is 6.01 Å². The number of rotatable bonds is 2. The lowest BCUT2D eigenvalue weighted by Crippen LogP contribution is -1.94. The minimum absolute atomic E-state index is 0.214. The Morgan fingerprint density at radius 3 is 3.00 bits per heavy atom. The molecule has 0 saturated carbocycles. The quantitative estimate of drug-likeness (QED) is 0.751. The summed E-state index contributed by atoms with van der Waals surface area (Å²) in [6.07, 6.45) is 0. The average molecular weight is 192 g/mol. The van der Waals surface area contributed by atoms with Gasteiger partial charge in [-0.3, -0.25) is 0 Å². The van der Waals surface area contributed by atoms with Gasteiger partial charge in [0.25, 0.3) is 6.01 Å². The third-order valence-corrected chi connectivity index (χ3v) is 1.90. The number of carboxylic acid groups (broad SMARTS) is 1. The van der Waals surface area contributed by atoms with Crippen LogP contribution >= 0.6 is 0 Å². The van der Waals surface area contributed by atoms with E-state index in [0.717, 1.165) is 5.52 Å². The van der Waals surface area contributed by atoms with E-state index in [2.05, 4.69) is 9.97 Å². The molecule has 0 amide bonds. The monoisotopic (exact) mass is 192 g/mol. The molecule has 5 heteroatoms. The Bertz CT molecular complexity index is 490. The maximum Gasteiger partial charge on any atom is 0.335 e. The average Bonchev–Trinajstić information content (AvgIpc) is 2.58. The minimum atomic E-state index is -0.964. The van der Waals surface area contributed by atoms with Crippen LogP contribution in [0.3, 0.4) is 0 Å². The summed E-state index contributed by atoms with van der Waals surface area (Å²) in [6, 6.07) is 5.05. The van der Waals surface area contributed by atoms with Gasteiger partial charge in [-0.25, -0.2) is 4.79 Å². The molecule has 0 bridgehead atoms. The number of hydrogen-bond acceptors (Lipinski definition) is 3. The van der Waals surface area contributed by atoms with E-state index in [1.165, 1.54) is 19.2 Å². The van der Waals surface area contributed by atoms with Gasteiger partial charge in [0.1, 0.15) is 0 Å². The number of aromatic carboxylic acids is 1. The maximum absolute atomic E-state index is 10.7. The van der Waals surface area contributed by atoms with Gasteiger partial charge in [0, 0.05) is 0 Å². The number of carboxylic acids is 1. The molecule has 0 aliphatic rings. The fourth-order valence-corrected chi connectivity index (χ4v) is 1.21. The molecule has 1 aromatic carbocycles. The highest BCUT2D eigenvalue weighted by molar-refractivity contribution is 5.92. The summed E-state index contributed by atoms with van der Waals surface area (Å²) < 4.78 is 4.89. The predicted molar refractivity (Wildman–Crippen MR) is 49.6 cm³/mol. The molecule has 1 aromatic heterocycles. The Hall–Kier alpha value is -2.04. The van der Waals surface area contributed by atoms with Crippen molar-refractivity contribution < 1.29 is 14.6 Å². The Morgan fingerprint density at radius 2 is 2.36 bits per heavy atom. The van der Waals surface area contributed by atoms with Crippen LogP contribution in [0.15, 0.2) is 18.2 Å². The van der Waals surface area contributed by atoms with E-state index in [4.69, 9.17) is 9.84 Å². The van der Waals surface area contributed by atoms with Crippen LogP contribution in [0.2, 0.25) is 0 Å². The highest BCUT2D eigenvalue weighted by Gasteiger charge is 2.06. The summed E-state index contributed by atoms with van der Waals surface area (Å²) in [5.41, 5.74) is 1.56. The predicted octanol–water partition coefficient (Wildman–Crippen LogP) is 1.27. The Kier molecular flexibility index (Phi) is 1.85. The zero-order valence-electron chi connectivity index (χ0n) is 7.44. The number of aromatic nitrogens is 2. The third kappa shape index (κ3) is 1.28. The van der Waals surface area contributed by atoms with Crippen LogP contribution < -0.4 is 4.74 Å². The molecule has 0 fully saturated rings. The minimum Gasteiger partial charge on any atom is -0.478 e. The van der Waals surface area contributed by atoms with Crippen LogP contribution in [0.1, 0.15) is 10.4 Å². The van der Waals surface area contributed by atoms with Crippen molar-refractivity contribution in [1.82, 2.24) is 9.97 Å². The number of nitrogens with one attached hydrogen (secondary N) is 1. The second kappa shape index (κ2) is 3.02. The molecule has 0 atom stereocenters. The summed E-state index contributed by atoms with van der Waals surface area (Å²) in [5.74, 6) is -0.964. The molecule has 2 aromatic rings. The highest BCUT2D eigenvalue weighted by Crippen LogP contribution is 2.16. The van der Waals surface area contributed by atoms with Crippen LogP contribution in [-0.2, 0) is 0 Å². The zero-order valence-corrected chi connectivity index (χ0v) is 7.44. The number of hydrogen-bond donors (Lipinski definition) is 2. The van der Waals surface area contributed by atoms with Crippen molar-refractivity contribution in [3.05, 3.63) is 23.8 Å².